The van der Waals surface area contributed by atoms with Crippen molar-refractivity contribution in [1.82, 2.24) is 0 Å². The van der Waals surface area contributed by atoms with Crippen molar-refractivity contribution in [3.05, 3.63) is 35.4 Å². The first-order valence-electron chi connectivity index (χ1n) is 5.79. The van der Waals surface area contributed by atoms with E-state index < -0.39 is 17.0 Å². The first kappa shape index (κ1) is 12.2. The molecule has 0 atom stereocenters. The number of ketones is 1. The van der Waals surface area contributed by atoms with Crippen LogP contribution in [0.15, 0.2) is 18.2 Å². The summed E-state index contributed by atoms with van der Waals surface area (Å²) in [6, 6.07) is 3.06. The van der Waals surface area contributed by atoms with E-state index in [2.05, 4.69) is 0 Å². The first-order chi connectivity index (χ1) is 8.09. The number of nitrogens with two attached hydrogens (primary N) is 1. The van der Waals surface area contributed by atoms with Crippen LogP contribution in [0.5, 0.6) is 0 Å². The van der Waals surface area contributed by atoms with E-state index in [4.69, 9.17) is 5.73 Å². The van der Waals surface area contributed by atoms with Crippen LogP contribution in [-0.4, -0.2) is 12.3 Å². The van der Waals surface area contributed by atoms with Crippen molar-refractivity contribution >= 4 is 5.78 Å². The Morgan fingerprint density at radius 3 is 2.47 bits per heavy atom. The van der Waals surface area contributed by atoms with Crippen LogP contribution in [0, 0.1) is 17.0 Å². The molecular weight excluding hydrogens is 224 g/mol. The summed E-state index contributed by atoms with van der Waals surface area (Å²) in [4.78, 5) is 12.3. The minimum absolute atomic E-state index is 0.0428. The quantitative estimate of drug-likeness (QED) is 0.824. The van der Waals surface area contributed by atoms with E-state index in [-0.39, 0.29) is 17.9 Å². The number of hydrogen-bond acceptors (Lipinski definition) is 2. The topological polar surface area (TPSA) is 43.1 Å². The molecule has 0 unspecified atom stereocenters. The van der Waals surface area contributed by atoms with Crippen LogP contribution in [0.2, 0.25) is 0 Å². The summed E-state index contributed by atoms with van der Waals surface area (Å²) in [5, 5.41) is 0. The van der Waals surface area contributed by atoms with Crippen molar-refractivity contribution < 1.29 is 13.6 Å². The molecule has 0 aliphatic heterocycles. The van der Waals surface area contributed by atoms with E-state index in [9.17, 15) is 13.6 Å². The first-order valence-corrected chi connectivity index (χ1v) is 5.79. The average molecular weight is 239 g/mol. The van der Waals surface area contributed by atoms with Crippen LogP contribution in [0.3, 0.4) is 0 Å². The second-order valence-corrected chi connectivity index (χ2v) is 4.64. The molecule has 1 aromatic rings. The molecule has 1 fully saturated rings. The second kappa shape index (κ2) is 4.53. The van der Waals surface area contributed by atoms with Gasteiger partial charge in [0.25, 0.3) is 0 Å². The van der Waals surface area contributed by atoms with Crippen LogP contribution >= 0.6 is 0 Å². The van der Waals surface area contributed by atoms with E-state index in [0.717, 1.165) is 25.0 Å². The van der Waals surface area contributed by atoms with Crippen molar-refractivity contribution in [3.8, 4) is 0 Å². The Morgan fingerprint density at radius 2 is 1.94 bits per heavy atom. The molecule has 0 heterocycles. The van der Waals surface area contributed by atoms with Gasteiger partial charge in [0.15, 0.2) is 5.78 Å². The molecule has 2 N–H and O–H groups in total. The highest BCUT2D eigenvalue weighted by molar-refractivity contribution is 6.01. The molecule has 0 spiro atoms. The molecule has 0 saturated heterocycles. The molecule has 1 aliphatic carbocycles. The number of hydrogen-bond donors (Lipinski definition) is 1. The Morgan fingerprint density at radius 1 is 1.29 bits per heavy atom. The third-order valence-electron chi connectivity index (χ3n) is 3.61. The Hall–Kier alpha value is -1.29. The predicted molar refractivity (Wildman–Crippen MR) is 60.6 cm³/mol. The van der Waals surface area contributed by atoms with Gasteiger partial charge in [-0.25, -0.2) is 8.78 Å². The van der Waals surface area contributed by atoms with E-state index >= 15 is 0 Å². The maximum Gasteiger partial charge on any atom is 0.173 e. The molecule has 1 saturated carbocycles. The standard InChI is InChI=1S/C13H15F2NO/c14-9-3-4-10(11(15)7-9)12(17)13(8-16)5-1-2-6-13/h3-4,7H,1-2,5-6,8,16H2. The van der Waals surface area contributed by atoms with Crippen molar-refractivity contribution in [2.75, 3.05) is 6.54 Å². The summed E-state index contributed by atoms with van der Waals surface area (Å²) in [5.41, 5.74) is 4.99. The minimum Gasteiger partial charge on any atom is -0.329 e. The molecule has 0 bridgehead atoms. The van der Waals surface area contributed by atoms with Crippen molar-refractivity contribution in [2.45, 2.75) is 25.7 Å². The number of carbonyl (C=O) groups excluding carboxylic acids is 1. The van der Waals surface area contributed by atoms with Crippen molar-refractivity contribution in [2.24, 2.45) is 11.1 Å². The zero-order chi connectivity index (χ0) is 12.5. The molecule has 4 heteroatoms. The van der Waals surface area contributed by atoms with Gasteiger partial charge in [0, 0.05) is 18.0 Å². The Balaban J connectivity index is 2.36. The molecule has 1 aliphatic rings. The minimum atomic E-state index is -0.797. The summed E-state index contributed by atoms with van der Waals surface area (Å²) >= 11 is 0. The molecule has 92 valence electrons. The van der Waals surface area contributed by atoms with E-state index in [0.29, 0.717) is 12.8 Å². The normalized spacial score (nSPS) is 18.3. The number of benzene rings is 1. The lowest BCUT2D eigenvalue weighted by atomic mass is 9.78. The van der Waals surface area contributed by atoms with Gasteiger partial charge in [-0.1, -0.05) is 12.8 Å². The van der Waals surface area contributed by atoms with Crippen molar-refractivity contribution in [3.63, 3.8) is 0 Å². The summed E-state index contributed by atoms with van der Waals surface area (Å²) in [6.45, 7) is 0.225. The molecule has 2 rings (SSSR count). The molecule has 0 radical (unpaired) electrons. The Bertz CT molecular complexity index is 439. The van der Waals surface area contributed by atoms with Gasteiger partial charge in [-0.15, -0.1) is 0 Å². The Kier molecular flexibility index (Phi) is 3.24. The van der Waals surface area contributed by atoms with E-state index in [1.54, 1.807) is 0 Å². The maximum absolute atomic E-state index is 13.6. The lowest BCUT2D eigenvalue weighted by Gasteiger charge is -2.25. The summed E-state index contributed by atoms with van der Waals surface area (Å²) in [7, 11) is 0. The van der Waals surface area contributed by atoms with Crippen LogP contribution in [0.25, 0.3) is 0 Å². The van der Waals surface area contributed by atoms with Crippen LogP contribution in [-0.2, 0) is 0 Å². The van der Waals surface area contributed by atoms with Gasteiger partial charge in [0.1, 0.15) is 11.6 Å². The van der Waals surface area contributed by atoms with E-state index in [1.165, 1.54) is 6.07 Å². The summed E-state index contributed by atoms with van der Waals surface area (Å²) < 4.78 is 26.3. The molecule has 1 aromatic carbocycles. The molecule has 0 amide bonds. The fourth-order valence-electron chi connectivity index (χ4n) is 2.53. The van der Waals surface area contributed by atoms with Gasteiger partial charge in [-0.05, 0) is 25.0 Å². The smallest absolute Gasteiger partial charge is 0.173 e. The number of rotatable bonds is 3. The van der Waals surface area contributed by atoms with Gasteiger partial charge in [0.05, 0.1) is 5.56 Å². The van der Waals surface area contributed by atoms with Crippen molar-refractivity contribution in [1.29, 1.82) is 0 Å². The lowest BCUT2D eigenvalue weighted by Crippen LogP contribution is -2.36. The van der Waals surface area contributed by atoms with Gasteiger partial charge in [-0.3, -0.25) is 4.79 Å². The largest absolute Gasteiger partial charge is 0.329 e. The highest BCUT2D eigenvalue weighted by Gasteiger charge is 2.41. The highest BCUT2D eigenvalue weighted by atomic mass is 19.1. The molecule has 2 nitrogen and oxygen atoms in total. The maximum atomic E-state index is 13.6. The number of halogens is 2. The fourth-order valence-corrected chi connectivity index (χ4v) is 2.53. The number of carbonyl (C=O) groups is 1. The predicted octanol–water partition coefficient (Wildman–Crippen LogP) is 2.67. The van der Waals surface area contributed by atoms with Crippen LogP contribution in [0.1, 0.15) is 36.0 Å². The zero-order valence-corrected chi connectivity index (χ0v) is 9.51. The second-order valence-electron chi connectivity index (χ2n) is 4.64. The highest BCUT2D eigenvalue weighted by Crippen LogP contribution is 2.40. The monoisotopic (exact) mass is 239 g/mol. The van der Waals surface area contributed by atoms with Gasteiger partial charge >= 0.3 is 0 Å². The van der Waals surface area contributed by atoms with Gasteiger partial charge in [-0.2, -0.15) is 0 Å². The fraction of sp³-hybridized carbons (Fsp3) is 0.462. The van der Waals surface area contributed by atoms with Crippen LogP contribution < -0.4 is 5.73 Å². The van der Waals surface area contributed by atoms with Gasteiger partial charge < -0.3 is 5.73 Å². The van der Waals surface area contributed by atoms with Gasteiger partial charge in [0.2, 0.25) is 0 Å². The lowest BCUT2D eigenvalue weighted by molar-refractivity contribution is 0.0805. The third kappa shape index (κ3) is 2.09. The Labute approximate surface area is 98.8 Å². The zero-order valence-electron chi connectivity index (χ0n) is 9.51. The third-order valence-corrected chi connectivity index (χ3v) is 3.61. The average Bonchev–Trinajstić information content (AvgIpc) is 2.78. The molecule has 0 aromatic heterocycles. The van der Waals surface area contributed by atoms with E-state index in [1.807, 2.05) is 0 Å². The number of Topliss-reactive ketones (excluding diaryl/α,β-unsaturated/α-hetero) is 1. The summed E-state index contributed by atoms with van der Waals surface area (Å²) in [6.07, 6.45) is 3.26. The molecular formula is C13H15F2NO. The van der Waals surface area contributed by atoms with Crippen LogP contribution in [0.4, 0.5) is 8.78 Å². The SMILES string of the molecule is NCC1(C(=O)c2ccc(F)cc2F)CCCC1. The summed E-state index contributed by atoms with van der Waals surface area (Å²) in [5.74, 6) is -1.75. The molecule has 17 heavy (non-hydrogen) atoms.